The van der Waals surface area contributed by atoms with Gasteiger partial charge in [-0.05, 0) is 25.7 Å². The summed E-state index contributed by atoms with van der Waals surface area (Å²) in [5, 5.41) is 17.7. The number of hydrogen-bond donors (Lipinski definition) is 1. The number of aliphatic hydroxyl groups excluding tert-OH is 1. The highest BCUT2D eigenvalue weighted by molar-refractivity contribution is 5.00. The van der Waals surface area contributed by atoms with Gasteiger partial charge in [0.1, 0.15) is 0 Å². The zero-order chi connectivity index (χ0) is 10.9. The van der Waals surface area contributed by atoms with E-state index in [1.54, 1.807) is 0 Å². The Morgan fingerprint density at radius 3 is 2.50 bits per heavy atom. The lowest BCUT2D eigenvalue weighted by molar-refractivity contribution is -0.0180. The van der Waals surface area contributed by atoms with Gasteiger partial charge in [0, 0.05) is 6.61 Å². The van der Waals surface area contributed by atoms with Crippen LogP contribution in [0.3, 0.4) is 0 Å². The fraction of sp³-hybridized carbons (Fsp3) is 0.909. The molecule has 0 rings (SSSR count). The molecule has 1 unspecified atom stereocenters. The van der Waals surface area contributed by atoms with Crippen LogP contribution >= 0.6 is 0 Å². The number of aliphatic hydroxyl groups is 1. The summed E-state index contributed by atoms with van der Waals surface area (Å²) in [6, 6.07) is 2.26. The molecule has 0 saturated heterocycles. The predicted octanol–water partition coefficient (Wildman–Crippen LogP) is 2.25. The van der Waals surface area contributed by atoms with E-state index < -0.39 is 5.60 Å². The van der Waals surface area contributed by atoms with Crippen molar-refractivity contribution in [1.29, 1.82) is 5.26 Å². The lowest BCUT2D eigenvalue weighted by Crippen LogP contribution is -2.30. The Morgan fingerprint density at radius 1 is 1.36 bits per heavy atom. The van der Waals surface area contributed by atoms with E-state index in [1.807, 2.05) is 6.92 Å². The van der Waals surface area contributed by atoms with Gasteiger partial charge in [-0.1, -0.05) is 20.3 Å². The monoisotopic (exact) mass is 199 g/mol. The molecule has 0 heterocycles. The van der Waals surface area contributed by atoms with Crippen LogP contribution in [0, 0.1) is 11.3 Å². The second-order valence-electron chi connectivity index (χ2n) is 3.49. The third-order valence-corrected chi connectivity index (χ3v) is 2.39. The number of unbranched alkanes of at least 4 members (excludes halogenated alkanes) is 1. The highest BCUT2D eigenvalue weighted by atomic mass is 16.5. The number of hydrogen-bond acceptors (Lipinski definition) is 3. The van der Waals surface area contributed by atoms with Gasteiger partial charge in [-0.25, -0.2) is 0 Å². The van der Waals surface area contributed by atoms with E-state index in [1.165, 1.54) is 0 Å². The maximum atomic E-state index is 9.06. The third-order valence-electron chi connectivity index (χ3n) is 2.39. The van der Waals surface area contributed by atoms with Gasteiger partial charge in [-0.15, -0.1) is 0 Å². The molecule has 0 spiro atoms. The topological polar surface area (TPSA) is 53.2 Å². The molecule has 3 nitrogen and oxygen atoms in total. The van der Waals surface area contributed by atoms with Gasteiger partial charge in [-0.2, -0.15) is 5.26 Å². The van der Waals surface area contributed by atoms with Gasteiger partial charge >= 0.3 is 0 Å². The van der Waals surface area contributed by atoms with E-state index in [-0.39, 0.29) is 6.61 Å². The summed E-state index contributed by atoms with van der Waals surface area (Å²) < 4.78 is 5.55. The molecule has 0 fully saturated rings. The van der Waals surface area contributed by atoms with Crippen molar-refractivity contribution >= 4 is 0 Å². The minimum Gasteiger partial charge on any atom is -0.396 e. The highest BCUT2D eigenvalue weighted by Crippen LogP contribution is 2.22. The number of nitrogens with zero attached hydrogens (tertiary/aromatic N) is 1. The summed E-state index contributed by atoms with van der Waals surface area (Å²) in [7, 11) is 0. The molecule has 0 aliphatic heterocycles. The van der Waals surface area contributed by atoms with Crippen LogP contribution in [0.1, 0.15) is 46.0 Å². The first-order chi connectivity index (χ1) is 6.74. The SMILES string of the molecule is CCCCC(C#N)(CC)OCCCO. The Hall–Kier alpha value is -0.590. The van der Waals surface area contributed by atoms with E-state index >= 15 is 0 Å². The Labute approximate surface area is 86.7 Å². The predicted molar refractivity (Wildman–Crippen MR) is 55.8 cm³/mol. The van der Waals surface area contributed by atoms with Crippen molar-refractivity contribution < 1.29 is 9.84 Å². The standard InChI is InChI=1S/C11H21NO2/c1-3-5-7-11(4-2,10-12)14-9-6-8-13/h13H,3-9H2,1-2H3. The van der Waals surface area contributed by atoms with Crippen LogP contribution in [0.15, 0.2) is 0 Å². The summed E-state index contributed by atoms with van der Waals surface area (Å²) >= 11 is 0. The zero-order valence-corrected chi connectivity index (χ0v) is 9.25. The molecular weight excluding hydrogens is 178 g/mol. The van der Waals surface area contributed by atoms with Crippen molar-refractivity contribution in [2.75, 3.05) is 13.2 Å². The maximum Gasteiger partial charge on any atom is 0.153 e. The van der Waals surface area contributed by atoms with Crippen molar-refractivity contribution in [1.82, 2.24) is 0 Å². The molecule has 0 saturated carbocycles. The van der Waals surface area contributed by atoms with Gasteiger partial charge < -0.3 is 9.84 Å². The second kappa shape index (κ2) is 7.78. The van der Waals surface area contributed by atoms with Crippen LogP contribution in [0.4, 0.5) is 0 Å². The fourth-order valence-corrected chi connectivity index (χ4v) is 1.31. The molecule has 1 N–H and O–H groups in total. The molecule has 0 aliphatic rings. The van der Waals surface area contributed by atoms with E-state index in [0.717, 1.165) is 25.7 Å². The number of ether oxygens (including phenoxy) is 1. The number of nitriles is 1. The zero-order valence-electron chi connectivity index (χ0n) is 9.25. The van der Waals surface area contributed by atoms with E-state index in [0.29, 0.717) is 13.0 Å². The summed E-state index contributed by atoms with van der Waals surface area (Å²) in [5.74, 6) is 0. The van der Waals surface area contributed by atoms with E-state index in [9.17, 15) is 0 Å². The third kappa shape index (κ3) is 4.59. The lowest BCUT2D eigenvalue weighted by Gasteiger charge is -2.25. The maximum absolute atomic E-state index is 9.06. The van der Waals surface area contributed by atoms with Crippen LogP contribution in [0.2, 0.25) is 0 Å². The van der Waals surface area contributed by atoms with Gasteiger partial charge in [0.15, 0.2) is 5.60 Å². The van der Waals surface area contributed by atoms with Crippen LogP contribution in [0.5, 0.6) is 0 Å². The second-order valence-corrected chi connectivity index (χ2v) is 3.49. The van der Waals surface area contributed by atoms with Crippen molar-refractivity contribution in [3.8, 4) is 6.07 Å². The van der Waals surface area contributed by atoms with Gasteiger partial charge in [0.05, 0.1) is 12.7 Å². The highest BCUT2D eigenvalue weighted by Gasteiger charge is 2.27. The minimum atomic E-state index is -0.620. The van der Waals surface area contributed by atoms with Crippen molar-refractivity contribution in [3.05, 3.63) is 0 Å². The minimum absolute atomic E-state index is 0.124. The van der Waals surface area contributed by atoms with Crippen LogP contribution in [0.25, 0.3) is 0 Å². The van der Waals surface area contributed by atoms with Crippen molar-refractivity contribution in [2.24, 2.45) is 0 Å². The van der Waals surface area contributed by atoms with Crippen LogP contribution < -0.4 is 0 Å². The molecule has 3 heteroatoms. The summed E-state index contributed by atoms with van der Waals surface area (Å²) in [6.07, 6.45) is 4.21. The molecule has 1 atom stereocenters. The first-order valence-corrected chi connectivity index (χ1v) is 5.40. The largest absolute Gasteiger partial charge is 0.396 e. The quantitative estimate of drug-likeness (QED) is 0.610. The van der Waals surface area contributed by atoms with Gasteiger partial charge in [0.2, 0.25) is 0 Å². The van der Waals surface area contributed by atoms with Gasteiger partial charge in [-0.3, -0.25) is 0 Å². The summed E-state index contributed by atoms with van der Waals surface area (Å²) in [6.45, 7) is 4.67. The first-order valence-electron chi connectivity index (χ1n) is 5.40. The molecule has 14 heavy (non-hydrogen) atoms. The molecular formula is C11H21NO2. The first kappa shape index (κ1) is 13.4. The Kier molecular flexibility index (Phi) is 7.45. The number of rotatable bonds is 8. The molecule has 0 radical (unpaired) electrons. The molecule has 0 aromatic carbocycles. The van der Waals surface area contributed by atoms with Gasteiger partial charge in [0.25, 0.3) is 0 Å². The summed E-state index contributed by atoms with van der Waals surface area (Å²) in [4.78, 5) is 0. The van der Waals surface area contributed by atoms with E-state index in [2.05, 4.69) is 13.0 Å². The molecule has 0 aromatic heterocycles. The van der Waals surface area contributed by atoms with Crippen molar-refractivity contribution in [3.63, 3.8) is 0 Å². The molecule has 0 aliphatic carbocycles. The Morgan fingerprint density at radius 2 is 2.07 bits per heavy atom. The average Bonchev–Trinajstić information content (AvgIpc) is 2.24. The van der Waals surface area contributed by atoms with E-state index in [4.69, 9.17) is 15.1 Å². The molecule has 0 amide bonds. The molecule has 0 bridgehead atoms. The Bertz CT molecular complexity index is 177. The fourth-order valence-electron chi connectivity index (χ4n) is 1.31. The van der Waals surface area contributed by atoms with Crippen LogP contribution in [-0.2, 0) is 4.74 Å². The van der Waals surface area contributed by atoms with Crippen LogP contribution in [-0.4, -0.2) is 23.9 Å². The average molecular weight is 199 g/mol. The Balaban J connectivity index is 4.03. The molecule has 82 valence electrons. The smallest absolute Gasteiger partial charge is 0.153 e. The molecule has 0 aromatic rings. The van der Waals surface area contributed by atoms with Crippen molar-refractivity contribution in [2.45, 2.75) is 51.6 Å². The summed E-state index contributed by atoms with van der Waals surface area (Å²) in [5.41, 5.74) is -0.620. The lowest BCUT2D eigenvalue weighted by atomic mass is 9.95. The normalized spacial score (nSPS) is 14.7.